The van der Waals surface area contributed by atoms with Crippen LogP contribution in [0, 0.1) is 21.4 Å². The Morgan fingerprint density at radius 3 is 2.82 bits per heavy atom. The van der Waals surface area contributed by atoms with Gasteiger partial charge in [0.05, 0.1) is 10.6 Å². The van der Waals surface area contributed by atoms with Gasteiger partial charge in [-0.2, -0.15) is 5.26 Å². The molecular weight excluding hydrogens is 282 g/mol. The predicted molar refractivity (Wildman–Crippen MR) is 79.7 cm³/mol. The molecule has 2 heterocycles. The van der Waals surface area contributed by atoms with Gasteiger partial charge in [0.1, 0.15) is 29.3 Å². The van der Waals surface area contributed by atoms with Crippen LogP contribution in [-0.4, -0.2) is 14.9 Å². The molecule has 0 fully saturated rings. The van der Waals surface area contributed by atoms with Gasteiger partial charge in [0, 0.05) is 11.8 Å². The number of hydrogen-bond donors (Lipinski definition) is 1. The summed E-state index contributed by atoms with van der Waals surface area (Å²) in [7, 11) is 0. The van der Waals surface area contributed by atoms with Crippen molar-refractivity contribution in [2.24, 2.45) is 0 Å². The third-order valence-corrected chi connectivity index (χ3v) is 3.12. The molecule has 0 bridgehead atoms. The van der Waals surface area contributed by atoms with Crippen molar-refractivity contribution in [1.29, 1.82) is 5.26 Å². The number of pyridine rings is 1. The molecule has 0 radical (unpaired) electrons. The molecule has 0 amide bonds. The highest BCUT2D eigenvalue weighted by atomic mass is 16.6. The van der Waals surface area contributed by atoms with Crippen molar-refractivity contribution in [2.45, 2.75) is 0 Å². The fourth-order valence-corrected chi connectivity index (χ4v) is 2.12. The number of nitrogens with one attached hydrogen (secondary N) is 1. The maximum Gasteiger partial charge on any atom is 0.310 e. The zero-order valence-corrected chi connectivity index (χ0v) is 11.2. The molecule has 3 rings (SSSR count). The summed E-state index contributed by atoms with van der Waals surface area (Å²) in [6.45, 7) is 0. The van der Waals surface area contributed by atoms with E-state index in [1.165, 1.54) is 12.3 Å². The number of nitro groups is 1. The van der Waals surface area contributed by atoms with Crippen LogP contribution in [0.5, 0.6) is 0 Å². The Kier molecular flexibility index (Phi) is 3.34. The Labute approximate surface area is 125 Å². The minimum atomic E-state index is -0.538. The molecule has 0 unspecified atom stereocenters. The molecule has 22 heavy (non-hydrogen) atoms. The number of hydrogen-bond acceptors (Lipinski definition) is 6. The second-order valence-electron chi connectivity index (χ2n) is 4.43. The van der Waals surface area contributed by atoms with Crippen molar-refractivity contribution in [2.75, 3.05) is 5.32 Å². The molecule has 0 atom stereocenters. The number of anilines is 2. The van der Waals surface area contributed by atoms with E-state index >= 15 is 0 Å². The van der Waals surface area contributed by atoms with Crippen LogP contribution in [-0.2, 0) is 0 Å². The summed E-state index contributed by atoms with van der Waals surface area (Å²) in [4.78, 5) is 18.6. The van der Waals surface area contributed by atoms with Crippen LogP contribution in [0.1, 0.15) is 5.56 Å². The van der Waals surface area contributed by atoms with Crippen molar-refractivity contribution in [3.05, 3.63) is 64.5 Å². The van der Waals surface area contributed by atoms with Gasteiger partial charge in [-0.15, -0.1) is 0 Å². The highest BCUT2D eigenvalue weighted by molar-refractivity contribution is 5.81. The van der Waals surface area contributed by atoms with Crippen LogP contribution < -0.4 is 5.32 Å². The van der Waals surface area contributed by atoms with E-state index in [1.807, 2.05) is 18.2 Å². The first-order valence-electron chi connectivity index (χ1n) is 6.35. The highest BCUT2D eigenvalue weighted by Gasteiger charge is 2.20. The smallest absolute Gasteiger partial charge is 0.310 e. The maximum atomic E-state index is 11.0. The zero-order valence-electron chi connectivity index (χ0n) is 11.2. The third-order valence-electron chi connectivity index (χ3n) is 3.12. The summed E-state index contributed by atoms with van der Waals surface area (Å²) in [5.41, 5.74) is 1.73. The first-order valence-corrected chi connectivity index (χ1v) is 6.35. The van der Waals surface area contributed by atoms with Gasteiger partial charge < -0.3 is 5.32 Å². The molecule has 0 saturated carbocycles. The van der Waals surface area contributed by atoms with Crippen molar-refractivity contribution in [3.8, 4) is 17.3 Å². The van der Waals surface area contributed by atoms with E-state index in [-0.39, 0.29) is 17.2 Å². The predicted octanol–water partition coefficient (Wildman–Crippen LogP) is 3.10. The molecule has 7 nitrogen and oxygen atoms in total. The van der Waals surface area contributed by atoms with Gasteiger partial charge in [-0.25, -0.2) is 4.98 Å². The van der Waals surface area contributed by atoms with Gasteiger partial charge in [-0.3, -0.25) is 15.1 Å². The van der Waals surface area contributed by atoms with Gasteiger partial charge in [0.15, 0.2) is 0 Å². The van der Waals surface area contributed by atoms with E-state index in [1.54, 1.807) is 12.1 Å². The molecule has 1 aliphatic heterocycles. The van der Waals surface area contributed by atoms with E-state index < -0.39 is 4.92 Å². The van der Waals surface area contributed by atoms with Crippen molar-refractivity contribution >= 4 is 17.2 Å². The topological polar surface area (TPSA) is 105 Å². The average Bonchev–Trinajstić information content (AvgIpc) is 2.68. The second-order valence-corrected chi connectivity index (χ2v) is 4.43. The van der Waals surface area contributed by atoms with Gasteiger partial charge in [-0.05, 0) is 12.1 Å². The highest BCUT2D eigenvalue weighted by Crippen LogP contribution is 2.34. The molecule has 2 aliphatic rings. The SMILES string of the molecule is N#Cc1c2cccccc-2nc1Nc1ccncc1[N+](=O)[O-]. The Morgan fingerprint density at radius 1 is 1.23 bits per heavy atom. The Bertz CT molecular complexity index is 872. The quantitative estimate of drug-likeness (QED) is 0.587. The number of nitriles is 1. The number of nitrogens with zero attached hydrogens (tertiary/aromatic N) is 4. The molecule has 1 aromatic heterocycles. The number of fused-ring (bicyclic) bond motifs is 1. The minimum absolute atomic E-state index is 0.177. The van der Waals surface area contributed by atoms with Crippen molar-refractivity contribution < 1.29 is 4.92 Å². The largest absolute Gasteiger partial charge is 0.333 e. The van der Waals surface area contributed by atoms with Gasteiger partial charge in [0.2, 0.25) is 0 Å². The monoisotopic (exact) mass is 291 g/mol. The van der Waals surface area contributed by atoms with Crippen LogP contribution in [0.3, 0.4) is 0 Å². The van der Waals surface area contributed by atoms with Crippen LogP contribution in [0.2, 0.25) is 0 Å². The van der Waals surface area contributed by atoms with Gasteiger partial charge in [-0.1, -0.05) is 24.3 Å². The first-order chi connectivity index (χ1) is 10.7. The summed E-state index contributed by atoms with van der Waals surface area (Å²) < 4.78 is 0. The summed E-state index contributed by atoms with van der Waals surface area (Å²) in [5.74, 6) is 0.290. The molecular formula is C15H9N5O2. The molecule has 0 saturated heterocycles. The average molecular weight is 291 g/mol. The number of aromatic nitrogens is 2. The lowest BCUT2D eigenvalue weighted by molar-refractivity contribution is -0.384. The van der Waals surface area contributed by atoms with E-state index in [4.69, 9.17) is 0 Å². The zero-order chi connectivity index (χ0) is 15.5. The van der Waals surface area contributed by atoms with Crippen LogP contribution in [0.25, 0.3) is 11.3 Å². The van der Waals surface area contributed by atoms with Gasteiger partial charge >= 0.3 is 5.69 Å². The third kappa shape index (κ3) is 2.29. The lowest BCUT2D eigenvalue weighted by Crippen LogP contribution is -1.98. The van der Waals surface area contributed by atoms with E-state index in [2.05, 4.69) is 21.4 Å². The molecule has 1 aliphatic carbocycles. The Hall–Kier alpha value is -3.53. The molecule has 1 N–H and O–H groups in total. The Morgan fingerprint density at radius 2 is 2.05 bits per heavy atom. The summed E-state index contributed by atoms with van der Waals surface area (Å²) in [6, 6.07) is 12.6. The molecule has 7 heteroatoms. The first kappa shape index (κ1) is 13.5. The minimum Gasteiger partial charge on any atom is -0.333 e. The molecule has 106 valence electrons. The number of rotatable bonds is 3. The maximum absolute atomic E-state index is 11.0. The van der Waals surface area contributed by atoms with Crippen LogP contribution in [0.4, 0.5) is 17.2 Å². The standard InChI is InChI=1S/C15H9N5O2/c16-8-11-10-4-2-1-3-5-12(10)18-15(11)19-13-6-7-17-9-14(13)20(21)22/h1-7,9H,(H,17,18,19). The molecule has 0 aromatic carbocycles. The summed E-state index contributed by atoms with van der Waals surface area (Å²) in [5, 5.41) is 23.2. The van der Waals surface area contributed by atoms with Crippen molar-refractivity contribution in [1.82, 2.24) is 9.97 Å². The van der Waals surface area contributed by atoms with Gasteiger partial charge in [0.25, 0.3) is 0 Å². The van der Waals surface area contributed by atoms with E-state index in [0.717, 1.165) is 6.20 Å². The van der Waals surface area contributed by atoms with Crippen LogP contribution in [0.15, 0.2) is 48.8 Å². The van der Waals surface area contributed by atoms with Crippen LogP contribution >= 0.6 is 0 Å². The van der Waals surface area contributed by atoms with E-state index in [9.17, 15) is 15.4 Å². The Balaban J connectivity index is 2.11. The fourth-order valence-electron chi connectivity index (χ4n) is 2.12. The lowest BCUT2D eigenvalue weighted by Gasteiger charge is -2.03. The fraction of sp³-hybridized carbons (Fsp3) is 0. The molecule has 1 aromatic rings. The summed E-state index contributed by atoms with van der Waals surface area (Å²) >= 11 is 0. The second kappa shape index (κ2) is 5.46. The summed E-state index contributed by atoms with van der Waals surface area (Å²) in [6.07, 6.45) is 2.58. The van der Waals surface area contributed by atoms with Crippen molar-refractivity contribution in [3.63, 3.8) is 0 Å². The molecule has 0 spiro atoms. The normalized spacial score (nSPS) is 10.1. The van der Waals surface area contributed by atoms with E-state index in [0.29, 0.717) is 16.8 Å². The lowest BCUT2D eigenvalue weighted by atomic mass is 10.1.